The minimum absolute atomic E-state index is 0.0919. The van der Waals surface area contributed by atoms with Crippen molar-refractivity contribution in [3.05, 3.63) is 89.5 Å². The number of aliphatic hydroxyl groups is 3. The van der Waals surface area contributed by atoms with Crippen molar-refractivity contribution in [2.45, 2.75) is 5.92 Å². The Labute approximate surface area is 182 Å². The molecule has 0 fully saturated rings. The SMILES string of the molecule is OCCOc1ccccc1C(c1ccccc1OCCO)c1ccccc1OCCO. The highest BCUT2D eigenvalue weighted by Gasteiger charge is 2.26. The standard InChI is InChI=1S/C25H28O6/c26-13-16-29-22-10-4-1-7-19(22)25(20-8-2-5-11-23(20)30-17-14-27)21-9-3-6-12-24(21)31-18-15-28/h1-12,25-28H,13-18H2. The van der Waals surface area contributed by atoms with Gasteiger partial charge in [-0.15, -0.1) is 0 Å². The lowest BCUT2D eigenvalue weighted by atomic mass is 9.83. The molecule has 3 aromatic carbocycles. The molecule has 3 aromatic rings. The monoisotopic (exact) mass is 424 g/mol. The van der Waals surface area contributed by atoms with Gasteiger partial charge in [0.15, 0.2) is 0 Å². The van der Waals surface area contributed by atoms with Crippen LogP contribution >= 0.6 is 0 Å². The van der Waals surface area contributed by atoms with Gasteiger partial charge in [0.05, 0.1) is 19.8 Å². The fourth-order valence-electron chi connectivity index (χ4n) is 3.52. The van der Waals surface area contributed by atoms with Crippen LogP contribution in [0.1, 0.15) is 22.6 Å². The Balaban J connectivity index is 2.18. The van der Waals surface area contributed by atoms with E-state index >= 15 is 0 Å². The average molecular weight is 424 g/mol. The lowest BCUT2D eigenvalue weighted by molar-refractivity contribution is 0.197. The zero-order chi connectivity index (χ0) is 21.9. The van der Waals surface area contributed by atoms with Gasteiger partial charge in [-0.05, 0) is 18.2 Å². The van der Waals surface area contributed by atoms with Crippen molar-refractivity contribution in [1.29, 1.82) is 0 Å². The summed E-state index contributed by atoms with van der Waals surface area (Å²) >= 11 is 0. The van der Waals surface area contributed by atoms with Crippen molar-refractivity contribution in [3.63, 3.8) is 0 Å². The normalized spacial score (nSPS) is 10.8. The van der Waals surface area contributed by atoms with Crippen LogP contribution in [0.25, 0.3) is 0 Å². The van der Waals surface area contributed by atoms with E-state index in [0.29, 0.717) is 17.2 Å². The third kappa shape index (κ3) is 5.76. The van der Waals surface area contributed by atoms with Gasteiger partial charge in [0.1, 0.15) is 37.1 Å². The molecule has 0 spiro atoms. The number of hydrogen-bond acceptors (Lipinski definition) is 6. The Morgan fingerprint density at radius 3 is 1.06 bits per heavy atom. The second-order valence-corrected chi connectivity index (χ2v) is 6.76. The first-order chi connectivity index (χ1) is 15.3. The first kappa shape index (κ1) is 22.6. The zero-order valence-corrected chi connectivity index (χ0v) is 17.3. The fourth-order valence-corrected chi connectivity index (χ4v) is 3.52. The number of rotatable bonds is 12. The van der Waals surface area contributed by atoms with Crippen LogP contribution < -0.4 is 14.2 Å². The van der Waals surface area contributed by atoms with Crippen LogP contribution in [-0.4, -0.2) is 55.0 Å². The molecular weight excluding hydrogens is 396 g/mol. The third-order valence-electron chi connectivity index (χ3n) is 4.74. The lowest BCUT2D eigenvalue weighted by Gasteiger charge is -2.25. The van der Waals surface area contributed by atoms with Gasteiger partial charge in [-0.3, -0.25) is 0 Å². The van der Waals surface area contributed by atoms with E-state index in [2.05, 4.69) is 0 Å². The van der Waals surface area contributed by atoms with Crippen LogP contribution in [0.5, 0.6) is 17.2 Å². The van der Waals surface area contributed by atoms with Crippen LogP contribution in [0.3, 0.4) is 0 Å². The number of hydrogen-bond donors (Lipinski definition) is 3. The van der Waals surface area contributed by atoms with Crippen LogP contribution in [0.15, 0.2) is 72.8 Å². The summed E-state index contributed by atoms with van der Waals surface area (Å²) in [6.45, 7) is 0.251. The Hall–Kier alpha value is -3.06. The molecule has 3 N–H and O–H groups in total. The van der Waals surface area contributed by atoms with Crippen molar-refractivity contribution in [2.24, 2.45) is 0 Å². The summed E-state index contributed by atoms with van der Waals surface area (Å²) in [5, 5.41) is 27.8. The topological polar surface area (TPSA) is 88.4 Å². The van der Waals surface area contributed by atoms with E-state index in [-0.39, 0.29) is 45.6 Å². The predicted molar refractivity (Wildman–Crippen MR) is 118 cm³/mol. The number of benzene rings is 3. The minimum Gasteiger partial charge on any atom is -0.491 e. The maximum absolute atomic E-state index is 9.26. The van der Waals surface area contributed by atoms with E-state index in [4.69, 9.17) is 14.2 Å². The fraction of sp³-hybridized carbons (Fsp3) is 0.280. The zero-order valence-electron chi connectivity index (χ0n) is 17.3. The molecule has 0 radical (unpaired) electrons. The molecule has 0 heterocycles. The number of aliphatic hydroxyl groups excluding tert-OH is 3. The molecule has 0 saturated heterocycles. The summed E-state index contributed by atoms with van der Waals surface area (Å²) in [4.78, 5) is 0. The van der Waals surface area contributed by atoms with Crippen LogP contribution in [0.2, 0.25) is 0 Å². The average Bonchev–Trinajstić information content (AvgIpc) is 2.82. The second kappa shape index (κ2) is 12.0. The molecule has 3 rings (SSSR count). The van der Waals surface area contributed by atoms with Gasteiger partial charge in [-0.2, -0.15) is 0 Å². The Bertz CT molecular complexity index is 820. The van der Waals surface area contributed by atoms with E-state index in [1.54, 1.807) is 0 Å². The Morgan fingerprint density at radius 1 is 0.484 bits per heavy atom. The Kier molecular flexibility index (Phi) is 8.72. The molecule has 0 bridgehead atoms. The second-order valence-electron chi connectivity index (χ2n) is 6.76. The molecule has 6 nitrogen and oxygen atoms in total. The van der Waals surface area contributed by atoms with E-state index < -0.39 is 0 Å². The molecule has 0 atom stereocenters. The van der Waals surface area contributed by atoms with Gasteiger partial charge in [0.2, 0.25) is 0 Å². The van der Waals surface area contributed by atoms with Crippen LogP contribution in [0, 0.1) is 0 Å². The summed E-state index contributed by atoms with van der Waals surface area (Å²) in [5.74, 6) is 1.64. The largest absolute Gasteiger partial charge is 0.491 e. The summed E-state index contributed by atoms with van der Waals surface area (Å²) in [6, 6.07) is 23.0. The van der Waals surface area contributed by atoms with Crippen molar-refractivity contribution in [2.75, 3.05) is 39.6 Å². The van der Waals surface area contributed by atoms with Crippen LogP contribution in [-0.2, 0) is 0 Å². The van der Waals surface area contributed by atoms with E-state index in [0.717, 1.165) is 16.7 Å². The van der Waals surface area contributed by atoms with Crippen molar-refractivity contribution in [1.82, 2.24) is 0 Å². The maximum atomic E-state index is 9.26. The predicted octanol–water partition coefficient (Wildman–Crippen LogP) is 2.98. The highest BCUT2D eigenvalue weighted by atomic mass is 16.5. The summed E-state index contributed by atoms with van der Waals surface area (Å²) < 4.78 is 17.5. The number of ether oxygens (including phenoxy) is 3. The highest BCUT2D eigenvalue weighted by Crippen LogP contribution is 2.44. The van der Waals surface area contributed by atoms with E-state index in [1.165, 1.54) is 0 Å². The number of para-hydroxylation sites is 3. The first-order valence-electron chi connectivity index (χ1n) is 10.3. The molecule has 0 amide bonds. The molecule has 31 heavy (non-hydrogen) atoms. The molecule has 0 aromatic heterocycles. The van der Waals surface area contributed by atoms with Crippen LogP contribution in [0.4, 0.5) is 0 Å². The van der Waals surface area contributed by atoms with Gasteiger partial charge < -0.3 is 29.5 Å². The molecule has 0 aliphatic carbocycles. The van der Waals surface area contributed by atoms with Gasteiger partial charge >= 0.3 is 0 Å². The molecule has 6 heteroatoms. The summed E-state index contributed by atoms with van der Waals surface area (Å²) in [7, 11) is 0. The van der Waals surface area contributed by atoms with Gasteiger partial charge in [-0.25, -0.2) is 0 Å². The molecule has 164 valence electrons. The first-order valence-corrected chi connectivity index (χ1v) is 10.3. The highest BCUT2D eigenvalue weighted by molar-refractivity contribution is 5.56. The lowest BCUT2D eigenvalue weighted by Crippen LogP contribution is -2.13. The maximum Gasteiger partial charge on any atom is 0.123 e. The van der Waals surface area contributed by atoms with Gasteiger partial charge in [0, 0.05) is 22.6 Å². The molecule has 0 aliphatic heterocycles. The Morgan fingerprint density at radius 2 is 0.774 bits per heavy atom. The molecule has 0 aliphatic rings. The van der Waals surface area contributed by atoms with Crippen molar-refractivity contribution < 1.29 is 29.5 Å². The van der Waals surface area contributed by atoms with E-state index in [9.17, 15) is 15.3 Å². The molecular formula is C25H28O6. The van der Waals surface area contributed by atoms with Crippen molar-refractivity contribution in [3.8, 4) is 17.2 Å². The van der Waals surface area contributed by atoms with E-state index in [1.807, 2.05) is 72.8 Å². The van der Waals surface area contributed by atoms with Gasteiger partial charge in [0.25, 0.3) is 0 Å². The third-order valence-corrected chi connectivity index (χ3v) is 4.74. The summed E-state index contributed by atoms with van der Waals surface area (Å²) in [6.07, 6.45) is 0. The van der Waals surface area contributed by atoms with Gasteiger partial charge in [-0.1, -0.05) is 54.6 Å². The molecule has 0 unspecified atom stereocenters. The van der Waals surface area contributed by atoms with Crippen molar-refractivity contribution >= 4 is 0 Å². The molecule has 0 saturated carbocycles. The quantitative estimate of drug-likeness (QED) is 0.388. The minimum atomic E-state index is -0.306. The smallest absolute Gasteiger partial charge is 0.123 e. The summed E-state index contributed by atoms with van der Waals surface area (Å²) in [5.41, 5.74) is 2.66.